The maximum Gasteiger partial charge on any atom is 0.243 e. The smallest absolute Gasteiger partial charge is 0.243 e. The molecule has 0 saturated carbocycles. The zero-order valence-electron chi connectivity index (χ0n) is 7.83. The van der Waals surface area contributed by atoms with Crippen molar-refractivity contribution in [1.29, 1.82) is 0 Å². The van der Waals surface area contributed by atoms with Crippen molar-refractivity contribution in [3.8, 4) is 0 Å². The molecule has 0 heterocycles. The molecule has 15 heavy (non-hydrogen) atoms. The number of nitrogens with zero attached hydrogens (tertiary/aromatic N) is 2. The lowest BCUT2D eigenvalue weighted by Gasteiger charge is -2.09. The Morgan fingerprint density at radius 1 is 0.867 bits per heavy atom. The molecule has 0 radical (unpaired) electrons. The van der Waals surface area contributed by atoms with Crippen molar-refractivity contribution in [2.75, 3.05) is 13.1 Å². The third-order valence-electron chi connectivity index (χ3n) is 1.48. The Kier molecular flexibility index (Phi) is 8.62. The predicted octanol–water partition coefficient (Wildman–Crippen LogP) is 0.393. The van der Waals surface area contributed by atoms with Crippen molar-refractivity contribution in [2.24, 2.45) is 0 Å². The topological polar surface area (TPSA) is 52.7 Å². The zero-order chi connectivity index (χ0) is 11.8. The third kappa shape index (κ3) is 8.14. The molecule has 0 fully saturated rings. The van der Waals surface area contributed by atoms with Crippen molar-refractivity contribution < 1.29 is 9.59 Å². The fraction of sp³-hybridized carbons (Fsp3) is 0.667. The van der Waals surface area contributed by atoms with Crippen LogP contribution >= 0.6 is 51.3 Å². The van der Waals surface area contributed by atoms with Gasteiger partial charge in [-0.25, -0.2) is 7.42 Å². The average molecular weight is 287 g/mol. The van der Waals surface area contributed by atoms with E-state index >= 15 is 0 Å². The van der Waals surface area contributed by atoms with Gasteiger partial charge in [0.05, 0.1) is 0 Å². The number of carbonyl (C=O) groups is 2. The molecule has 1 N–H and O–H groups in total. The van der Waals surface area contributed by atoms with Crippen LogP contribution in [0.5, 0.6) is 0 Å². The van der Waals surface area contributed by atoms with E-state index < -0.39 is 0 Å². The van der Waals surface area contributed by atoms with E-state index in [0.717, 1.165) is 7.42 Å². The van der Waals surface area contributed by atoms with Crippen LogP contribution < -0.4 is 5.32 Å². The first-order valence-corrected chi connectivity index (χ1v) is 5.67. The first-order valence-electron chi connectivity index (χ1n) is 4.07. The van der Waals surface area contributed by atoms with Gasteiger partial charge < -0.3 is 5.32 Å². The molecule has 5 nitrogen and oxygen atoms in total. The summed E-state index contributed by atoms with van der Waals surface area (Å²) in [4.78, 5) is 22.0. The normalized spacial score (nSPS) is 9.87. The van der Waals surface area contributed by atoms with E-state index in [2.05, 4.69) is 56.6 Å². The number of rotatable bonds is 6. The summed E-state index contributed by atoms with van der Waals surface area (Å²) in [7, 11) is 0. The molecule has 0 aliphatic heterocycles. The molecule has 2 amide bonds. The molecule has 9 heteroatoms. The third-order valence-corrected chi connectivity index (χ3v) is 2.37. The van der Waals surface area contributed by atoms with Crippen LogP contribution in [0.2, 0.25) is 0 Å². The van der Waals surface area contributed by atoms with Crippen LogP contribution in [0.4, 0.5) is 0 Å². The molecular weight excluding hydrogens is 274 g/mol. The average Bonchev–Trinajstić information content (AvgIpc) is 2.16. The molecule has 0 aromatic heterocycles. The summed E-state index contributed by atoms with van der Waals surface area (Å²) < 4.78 is 1.85. The van der Waals surface area contributed by atoms with Gasteiger partial charge in [0.1, 0.15) is 0 Å². The minimum absolute atomic E-state index is 0.203. The lowest BCUT2D eigenvalue weighted by Crippen LogP contribution is -2.25. The molecule has 0 aromatic carbocycles. The molecule has 0 aliphatic rings. The Bertz CT molecular complexity index is 202. The van der Waals surface area contributed by atoms with E-state index in [1.165, 1.54) is 0 Å². The van der Waals surface area contributed by atoms with E-state index in [1.54, 1.807) is 0 Å². The second-order valence-corrected chi connectivity index (χ2v) is 4.85. The van der Waals surface area contributed by atoms with Gasteiger partial charge in [-0.1, -0.05) is 51.3 Å². The van der Waals surface area contributed by atoms with Gasteiger partial charge in [-0.05, 0) is 0 Å². The van der Waals surface area contributed by atoms with Crippen LogP contribution in [0.25, 0.3) is 0 Å². The highest BCUT2D eigenvalue weighted by Crippen LogP contribution is 2.01. The summed E-state index contributed by atoms with van der Waals surface area (Å²) >= 11 is 14.9. The van der Waals surface area contributed by atoms with Crippen LogP contribution in [-0.2, 0) is 9.59 Å². The minimum Gasteiger partial charge on any atom is -0.316 e. The second kappa shape index (κ2) is 8.45. The van der Waals surface area contributed by atoms with Crippen molar-refractivity contribution >= 4 is 63.1 Å². The summed E-state index contributed by atoms with van der Waals surface area (Å²) in [5.74, 6) is -0.406. The van der Waals surface area contributed by atoms with Gasteiger partial charge in [0.15, 0.2) is 0 Å². The van der Waals surface area contributed by atoms with E-state index in [9.17, 15) is 9.59 Å². The molecule has 0 saturated heterocycles. The lowest BCUT2D eigenvalue weighted by atomic mass is 10.3. The summed E-state index contributed by atoms with van der Waals surface area (Å²) in [5, 5.41) is 2.93. The molecule has 0 aliphatic carbocycles. The predicted molar refractivity (Wildman–Crippen MR) is 71.7 cm³/mol. The first kappa shape index (κ1) is 15.3. The lowest BCUT2D eigenvalue weighted by molar-refractivity contribution is -0.122. The Morgan fingerprint density at radius 2 is 1.20 bits per heavy atom. The number of thiol groups is 4. The minimum atomic E-state index is -0.203. The number of carbonyl (C=O) groups excluding carboxylic acids is 2. The Hall–Kier alpha value is 0.300. The zero-order valence-corrected chi connectivity index (χ0v) is 11.4. The Morgan fingerprint density at radius 3 is 1.47 bits per heavy atom. The van der Waals surface area contributed by atoms with Crippen molar-refractivity contribution in [2.45, 2.75) is 12.8 Å². The Balaban J connectivity index is 3.40. The van der Waals surface area contributed by atoms with Crippen LogP contribution in [0, 0.1) is 0 Å². The Labute approximate surface area is 111 Å². The fourth-order valence-electron chi connectivity index (χ4n) is 0.716. The standard InChI is InChI=1S/C6H13N3O2S4/c10-5(8(12)13)1-3-7-4-2-6(11)9(14)15/h7,12-15H,1-4H2. The van der Waals surface area contributed by atoms with Gasteiger partial charge in [-0.2, -0.15) is 0 Å². The second-order valence-electron chi connectivity index (χ2n) is 2.62. The highest BCUT2D eigenvalue weighted by atomic mass is 32.2. The number of nitrogens with one attached hydrogen (secondary N) is 1. The monoisotopic (exact) mass is 287 g/mol. The van der Waals surface area contributed by atoms with Gasteiger partial charge in [-0.15, -0.1) is 0 Å². The molecule has 0 unspecified atom stereocenters. The van der Waals surface area contributed by atoms with Crippen LogP contribution in [0.1, 0.15) is 12.8 Å². The van der Waals surface area contributed by atoms with Crippen molar-refractivity contribution in [3.63, 3.8) is 0 Å². The number of amides is 2. The number of hydrogen-bond donors (Lipinski definition) is 5. The van der Waals surface area contributed by atoms with E-state index in [4.69, 9.17) is 0 Å². The van der Waals surface area contributed by atoms with Crippen LogP contribution in [0.15, 0.2) is 0 Å². The summed E-state index contributed by atoms with van der Waals surface area (Å²) in [6, 6.07) is 0. The highest BCUT2D eigenvalue weighted by Gasteiger charge is 2.06. The molecule has 0 rings (SSSR count). The molecule has 88 valence electrons. The molecule has 0 spiro atoms. The van der Waals surface area contributed by atoms with E-state index in [-0.39, 0.29) is 24.7 Å². The molecule has 0 aromatic rings. The maximum absolute atomic E-state index is 11.0. The summed E-state index contributed by atoms with van der Waals surface area (Å²) in [6.07, 6.45) is 0.569. The summed E-state index contributed by atoms with van der Waals surface area (Å²) in [6.45, 7) is 0.950. The molecular formula is C6H13N3O2S4. The highest BCUT2D eigenvalue weighted by molar-refractivity contribution is 7.94. The van der Waals surface area contributed by atoms with Gasteiger partial charge in [0, 0.05) is 25.9 Å². The first-order chi connectivity index (χ1) is 6.95. The fourth-order valence-corrected chi connectivity index (χ4v) is 1.12. The number of hydrogen-bond acceptors (Lipinski definition) is 7. The maximum atomic E-state index is 11.0. The van der Waals surface area contributed by atoms with Crippen LogP contribution in [-0.4, -0.2) is 32.3 Å². The quantitative estimate of drug-likeness (QED) is 0.363. The van der Waals surface area contributed by atoms with Gasteiger partial charge >= 0.3 is 0 Å². The summed E-state index contributed by atoms with van der Waals surface area (Å²) in [5.41, 5.74) is 0. The van der Waals surface area contributed by atoms with E-state index in [0.29, 0.717) is 13.1 Å². The van der Waals surface area contributed by atoms with Gasteiger partial charge in [0.2, 0.25) is 11.8 Å². The van der Waals surface area contributed by atoms with Crippen molar-refractivity contribution in [1.82, 2.24) is 12.7 Å². The van der Waals surface area contributed by atoms with Crippen LogP contribution in [0.3, 0.4) is 0 Å². The van der Waals surface area contributed by atoms with Gasteiger partial charge in [0.25, 0.3) is 0 Å². The van der Waals surface area contributed by atoms with E-state index in [1.807, 2.05) is 0 Å². The largest absolute Gasteiger partial charge is 0.316 e. The van der Waals surface area contributed by atoms with Gasteiger partial charge in [-0.3, -0.25) is 9.59 Å². The van der Waals surface area contributed by atoms with Crippen molar-refractivity contribution in [3.05, 3.63) is 0 Å². The molecule has 0 atom stereocenters. The molecule has 0 bridgehead atoms. The SMILES string of the molecule is O=C(CCNCCC(=O)N(S)S)N(S)S.